The van der Waals surface area contributed by atoms with Crippen molar-refractivity contribution < 1.29 is 4.79 Å². The van der Waals surface area contributed by atoms with Gasteiger partial charge in [-0.2, -0.15) is 10.2 Å². The zero-order chi connectivity index (χ0) is 16.4. The lowest BCUT2D eigenvalue weighted by atomic mass is 10.0. The average Bonchev–Trinajstić information content (AvgIpc) is 3.16. The van der Waals surface area contributed by atoms with Gasteiger partial charge in [-0.3, -0.25) is 14.2 Å². The van der Waals surface area contributed by atoms with Crippen LogP contribution in [-0.2, 0) is 18.3 Å². The first-order valence-electron chi connectivity index (χ1n) is 8.32. The molecule has 1 aliphatic heterocycles. The van der Waals surface area contributed by atoms with E-state index in [4.69, 9.17) is 0 Å². The summed E-state index contributed by atoms with van der Waals surface area (Å²) < 4.78 is 3.87. The second-order valence-corrected chi connectivity index (χ2v) is 6.39. The topological polar surface area (TPSA) is 56.0 Å². The van der Waals surface area contributed by atoms with Crippen LogP contribution < -0.4 is 0 Å². The Kier molecular flexibility index (Phi) is 4.50. The van der Waals surface area contributed by atoms with E-state index in [0.717, 1.165) is 43.7 Å². The number of aryl methyl sites for hydroxylation is 2. The summed E-state index contributed by atoms with van der Waals surface area (Å²) in [6.07, 6.45) is 7.25. The molecule has 3 heterocycles. The number of nitrogens with zero attached hydrogens (tertiary/aromatic N) is 5. The second-order valence-electron chi connectivity index (χ2n) is 6.39. The summed E-state index contributed by atoms with van der Waals surface area (Å²) in [6.45, 7) is 5.71. The number of carbonyl (C=O) groups is 1. The molecule has 0 unspecified atom stereocenters. The van der Waals surface area contributed by atoms with Gasteiger partial charge in [-0.15, -0.1) is 0 Å². The van der Waals surface area contributed by atoms with Crippen LogP contribution in [0.1, 0.15) is 42.3 Å². The van der Waals surface area contributed by atoms with Gasteiger partial charge < -0.3 is 4.90 Å². The van der Waals surface area contributed by atoms with Crippen molar-refractivity contribution in [3.63, 3.8) is 0 Å². The van der Waals surface area contributed by atoms with Crippen molar-refractivity contribution in [2.75, 3.05) is 13.1 Å². The summed E-state index contributed by atoms with van der Waals surface area (Å²) in [5, 5.41) is 8.75. The Morgan fingerprint density at radius 2 is 2.22 bits per heavy atom. The molecule has 2 aromatic rings. The Morgan fingerprint density at radius 1 is 1.39 bits per heavy atom. The SMILES string of the molecule is Cc1nn(C)c(C)c1CCC(=O)N1CCC[C@@H](n2cccn2)C1. The minimum Gasteiger partial charge on any atom is -0.341 e. The molecule has 0 saturated carbocycles. The van der Waals surface area contributed by atoms with Gasteiger partial charge in [0.25, 0.3) is 0 Å². The summed E-state index contributed by atoms with van der Waals surface area (Å²) in [4.78, 5) is 14.6. The van der Waals surface area contributed by atoms with Crippen LogP contribution in [0.5, 0.6) is 0 Å². The quantitative estimate of drug-likeness (QED) is 0.867. The molecule has 0 bridgehead atoms. The van der Waals surface area contributed by atoms with Crippen LogP contribution in [0.2, 0.25) is 0 Å². The molecule has 6 heteroatoms. The number of rotatable bonds is 4. The van der Waals surface area contributed by atoms with Crippen LogP contribution in [-0.4, -0.2) is 43.5 Å². The van der Waals surface area contributed by atoms with Crippen molar-refractivity contribution in [2.24, 2.45) is 7.05 Å². The number of piperidine rings is 1. The van der Waals surface area contributed by atoms with E-state index >= 15 is 0 Å². The molecule has 0 aromatic carbocycles. The minimum atomic E-state index is 0.240. The molecule has 0 radical (unpaired) electrons. The monoisotopic (exact) mass is 315 g/mol. The van der Waals surface area contributed by atoms with E-state index in [9.17, 15) is 4.79 Å². The van der Waals surface area contributed by atoms with E-state index in [2.05, 4.69) is 17.1 Å². The smallest absolute Gasteiger partial charge is 0.222 e. The van der Waals surface area contributed by atoms with Gasteiger partial charge in [0.15, 0.2) is 0 Å². The number of amides is 1. The maximum Gasteiger partial charge on any atom is 0.222 e. The third-order valence-corrected chi connectivity index (χ3v) is 4.90. The van der Waals surface area contributed by atoms with E-state index in [1.54, 1.807) is 6.20 Å². The van der Waals surface area contributed by atoms with E-state index in [1.165, 1.54) is 5.56 Å². The molecule has 0 N–H and O–H groups in total. The summed E-state index contributed by atoms with van der Waals surface area (Å²) in [6, 6.07) is 2.25. The molecular formula is C17H25N5O. The predicted molar refractivity (Wildman–Crippen MR) is 88.1 cm³/mol. The van der Waals surface area contributed by atoms with Gasteiger partial charge in [0.1, 0.15) is 0 Å². The summed E-state index contributed by atoms with van der Waals surface area (Å²) in [5.41, 5.74) is 3.40. The van der Waals surface area contributed by atoms with Gasteiger partial charge >= 0.3 is 0 Å². The van der Waals surface area contributed by atoms with Gasteiger partial charge in [-0.05, 0) is 44.7 Å². The standard InChI is InChI=1S/C17H25N5O/c1-13-16(14(2)20(3)19-13)7-8-17(23)21-10-4-6-15(12-21)22-11-5-9-18-22/h5,9,11,15H,4,6-8,10,12H2,1-3H3/t15-/m1/s1. The fourth-order valence-corrected chi connectivity index (χ4v) is 3.46. The van der Waals surface area contributed by atoms with Crippen molar-refractivity contribution in [3.8, 4) is 0 Å². The fourth-order valence-electron chi connectivity index (χ4n) is 3.46. The Hall–Kier alpha value is -2.11. The number of hydrogen-bond acceptors (Lipinski definition) is 3. The van der Waals surface area contributed by atoms with E-state index < -0.39 is 0 Å². The van der Waals surface area contributed by atoms with Crippen LogP contribution in [0.3, 0.4) is 0 Å². The number of likely N-dealkylation sites (tertiary alicyclic amines) is 1. The van der Waals surface area contributed by atoms with Crippen LogP contribution in [0, 0.1) is 13.8 Å². The summed E-state index contributed by atoms with van der Waals surface area (Å²) in [7, 11) is 1.95. The second kappa shape index (κ2) is 6.56. The lowest BCUT2D eigenvalue weighted by Gasteiger charge is -2.33. The van der Waals surface area contributed by atoms with Crippen LogP contribution in [0.4, 0.5) is 0 Å². The highest BCUT2D eigenvalue weighted by atomic mass is 16.2. The lowest BCUT2D eigenvalue weighted by Crippen LogP contribution is -2.40. The summed E-state index contributed by atoms with van der Waals surface area (Å²) >= 11 is 0. The predicted octanol–water partition coefficient (Wildman–Crippen LogP) is 2.03. The molecule has 1 atom stereocenters. The first kappa shape index (κ1) is 15.8. The molecule has 0 aliphatic carbocycles. The van der Waals surface area contributed by atoms with Gasteiger partial charge in [-0.1, -0.05) is 0 Å². The molecule has 1 saturated heterocycles. The van der Waals surface area contributed by atoms with E-state index in [1.807, 2.05) is 40.5 Å². The van der Waals surface area contributed by atoms with Gasteiger partial charge in [0.05, 0.1) is 11.7 Å². The molecule has 3 rings (SSSR count). The van der Waals surface area contributed by atoms with Gasteiger partial charge in [0.2, 0.25) is 5.91 Å². The Bertz CT molecular complexity index is 673. The highest BCUT2D eigenvalue weighted by Gasteiger charge is 2.25. The molecule has 124 valence electrons. The van der Waals surface area contributed by atoms with Crippen LogP contribution in [0.15, 0.2) is 18.5 Å². The Balaban J connectivity index is 1.59. The van der Waals surface area contributed by atoms with Crippen molar-refractivity contribution >= 4 is 5.91 Å². The van der Waals surface area contributed by atoms with Crippen LogP contribution >= 0.6 is 0 Å². The molecule has 6 nitrogen and oxygen atoms in total. The van der Waals surface area contributed by atoms with Gasteiger partial charge in [0, 0.05) is 44.6 Å². The fraction of sp³-hybridized carbons (Fsp3) is 0.588. The van der Waals surface area contributed by atoms with Crippen LogP contribution in [0.25, 0.3) is 0 Å². The maximum atomic E-state index is 12.6. The molecule has 0 spiro atoms. The number of carbonyl (C=O) groups excluding carboxylic acids is 1. The zero-order valence-corrected chi connectivity index (χ0v) is 14.2. The van der Waals surface area contributed by atoms with Crippen molar-refractivity contribution in [2.45, 2.75) is 45.6 Å². The minimum absolute atomic E-state index is 0.240. The highest BCUT2D eigenvalue weighted by Crippen LogP contribution is 2.22. The molecule has 23 heavy (non-hydrogen) atoms. The molecule has 2 aromatic heterocycles. The largest absolute Gasteiger partial charge is 0.341 e. The normalized spacial score (nSPS) is 18.4. The Labute approximate surface area is 137 Å². The van der Waals surface area contributed by atoms with Gasteiger partial charge in [-0.25, -0.2) is 0 Å². The highest BCUT2D eigenvalue weighted by molar-refractivity contribution is 5.76. The molecule has 1 aliphatic rings. The lowest BCUT2D eigenvalue weighted by molar-refractivity contribution is -0.132. The molecular weight excluding hydrogens is 290 g/mol. The third kappa shape index (κ3) is 3.30. The van der Waals surface area contributed by atoms with E-state index in [-0.39, 0.29) is 5.91 Å². The van der Waals surface area contributed by atoms with Crippen molar-refractivity contribution in [1.29, 1.82) is 0 Å². The number of aromatic nitrogens is 4. The van der Waals surface area contributed by atoms with Crippen molar-refractivity contribution in [1.82, 2.24) is 24.5 Å². The number of hydrogen-bond donors (Lipinski definition) is 0. The van der Waals surface area contributed by atoms with E-state index in [0.29, 0.717) is 12.5 Å². The summed E-state index contributed by atoms with van der Waals surface area (Å²) in [5.74, 6) is 0.240. The average molecular weight is 315 g/mol. The maximum absolute atomic E-state index is 12.6. The zero-order valence-electron chi connectivity index (χ0n) is 14.2. The molecule has 1 amide bonds. The third-order valence-electron chi connectivity index (χ3n) is 4.90. The van der Waals surface area contributed by atoms with Crippen molar-refractivity contribution in [3.05, 3.63) is 35.4 Å². The Morgan fingerprint density at radius 3 is 2.87 bits per heavy atom. The first-order chi connectivity index (χ1) is 11.1. The first-order valence-corrected chi connectivity index (χ1v) is 8.32. The molecule has 1 fully saturated rings.